The topological polar surface area (TPSA) is 90.5 Å². The van der Waals surface area contributed by atoms with Gasteiger partial charge < -0.3 is 10.6 Å². The zero-order valence-electron chi connectivity index (χ0n) is 14.5. The summed E-state index contributed by atoms with van der Waals surface area (Å²) >= 11 is 0. The fourth-order valence-corrected chi connectivity index (χ4v) is 2.21. The fourth-order valence-electron chi connectivity index (χ4n) is 2.21. The summed E-state index contributed by atoms with van der Waals surface area (Å²) in [7, 11) is 0. The van der Waals surface area contributed by atoms with Crippen LogP contribution in [-0.4, -0.2) is 48.9 Å². The highest BCUT2D eigenvalue weighted by Crippen LogP contribution is 2.12. The Balaban J connectivity index is 2.55. The minimum Gasteiger partial charge on any atom is -0.338 e. The highest BCUT2D eigenvalue weighted by molar-refractivity contribution is 5.96. The minimum absolute atomic E-state index is 0.00777. The molecule has 7 heteroatoms. The van der Waals surface area contributed by atoms with Gasteiger partial charge in [-0.25, -0.2) is 4.79 Å². The molecule has 0 heterocycles. The Kier molecular flexibility index (Phi) is 8.49. The molecule has 7 nitrogen and oxygen atoms in total. The smallest absolute Gasteiger partial charge is 0.321 e. The molecule has 0 aliphatic heterocycles. The van der Waals surface area contributed by atoms with Crippen LogP contribution in [-0.2, 0) is 9.59 Å². The number of rotatable bonds is 8. The lowest BCUT2D eigenvalue weighted by Crippen LogP contribution is -2.46. The molecule has 3 N–H and O–H groups in total. The first-order valence-electron chi connectivity index (χ1n) is 8.11. The molecule has 0 fully saturated rings. The second kappa shape index (κ2) is 10.4. The zero-order valence-corrected chi connectivity index (χ0v) is 14.5. The van der Waals surface area contributed by atoms with E-state index >= 15 is 0 Å². The van der Waals surface area contributed by atoms with Crippen molar-refractivity contribution in [1.29, 1.82) is 0 Å². The van der Waals surface area contributed by atoms with Crippen LogP contribution in [0.1, 0.15) is 25.8 Å². The predicted octanol–water partition coefficient (Wildman–Crippen LogP) is 1.49. The van der Waals surface area contributed by atoms with E-state index in [-0.39, 0.29) is 19.0 Å². The van der Waals surface area contributed by atoms with Gasteiger partial charge in [-0.1, -0.05) is 25.1 Å². The molecule has 24 heavy (non-hydrogen) atoms. The normalized spacial score (nSPS) is 10.3. The lowest BCUT2D eigenvalue weighted by molar-refractivity contribution is -0.122. The Labute approximate surface area is 142 Å². The average Bonchev–Trinajstić information content (AvgIpc) is 2.49. The molecule has 4 amide bonds. The molecule has 1 aromatic rings. The maximum atomic E-state index is 12.2. The molecule has 0 aromatic heterocycles. The molecule has 0 unspecified atom stereocenters. The van der Waals surface area contributed by atoms with Crippen LogP contribution in [0.15, 0.2) is 24.3 Å². The van der Waals surface area contributed by atoms with Crippen molar-refractivity contribution >= 4 is 23.5 Å². The van der Waals surface area contributed by atoms with Gasteiger partial charge in [-0.3, -0.25) is 19.8 Å². The molecular weight excluding hydrogens is 308 g/mol. The highest BCUT2D eigenvalue weighted by Gasteiger charge is 2.16. The number of nitrogens with one attached hydrogen (secondary N) is 3. The Morgan fingerprint density at radius 3 is 2.33 bits per heavy atom. The molecular formula is C17H26N4O3. The first-order chi connectivity index (χ1) is 11.5. The van der Waals surface area contributed by atoms with Crippen LogP contribution in [0, 0.1) is 6.92 Å². The molecule has 0 aliphatic rings. The van der Waals surface area contributed by atoms with E-state index in [4.69, 9.17) is 0 Å². The van der Waals surface area contributed by atoms with Gasteiger partial charge in [0.1, 0.15) is 0 Å². The van der Waals surface area contributed by atoms with Gasteiger partial charge in [-0.05, 0) is 38.4 Å². The van der Waals surface area contributed by atoms with Crippen molar-refractivity contribution in [3.63, 3.8) is 0 Å². The van der Waals surface area contributed by atoms with Crippen molar-refractivity contribution in [2.45, 2.75) is 27.2 Å². The molecule has 0 bridgehead atoms. The number of anilines is 1. The molecule has 0 saturated carbocycles. The Morgan fingerprint density at radius 1 is 1.04 bits per heavy atom. The van der Waals surface area contributed by atoms with Crippen LogP contribution in [0.3, 0.4) is 0 Å². The number of benzene rings is 1. The lowest BCUT2D eigenvalue weighted by atomic mass is 10.2. The standard InChI is InChI=1S/C17H26N4O3/c1-4-10-21(12-16(23)20-17(24)18-5-2)11-15(22)19-14-9-7-6-8-13(14)3/h6-9H,4-5,10-12H2,1-3H3,(H,19,22)(H2,18,20,23,24). The molecule has 0 saturated heterocycles. The van der Waals surface area contributed by atoms with E-state index in [9.17, 15) is 14.4 Å². The molecule has 0 aliphatic carbocycles. The van der Waals surface area contributed by atoms with E-state index in [1.54, 1.807) is 11.8 Å². The van der Waals surface area contributed by atoms with E-state index < -0.39 is 11.9 Å². The van der Waals surface area contributed by atoms with Gasteiger partial charge in [0.25, 0.3) is 0 Å². The number of nitrogens with zero attached hydrogens (tertiary/aromatic N) is 1. The first kappa shape index (κ1) is 19.6. The summed E-state index contributed by atoms with van der Waals surface area (Å²) in [6.45, 7) is 6.76. The summed E-state index contributed by atoms with van der Waals surface area (Å²) in [5.41, 5.74) is 1.73. The van der Waals surface area contributed by atoms with Gasteiger partial charge in [-0.2, -0.15) is 0 Å². The summed E-state index contributed by atoms with van der Waals surface area (Å²) < 4.78 is 0. The van der Waals surface area contributed by atoms with Crippen molar-refractivity contribution in [2.75, 3.05) is 31.5 Å². The van der Waals surface area contributed by atoms with Crippen LogP contribution in [0.4, 0.5) is 10.5 Å². The molecule has 0 atom stereocenters. The van der Waals surface area contributed by atoms with E-state index in [0.29, 0.717) is 13.1 Å². The quantitative estimate of drug-likeness (QED) is 0.672. The third-order valence-corrected chi connectivity index (χ3v) is 3.28. The number of carbonyl (C=O) groups excluding carboxylic acids is 3. The van der Waals surface area contributed by atoms with Crippen LogP contribution < -0.4 is 16.0 Å². The highest BCUT2D eigenvalue weighted by atomic mass is 16.2. The van der Waals surface area contributed by atoms with Crippen molar-refractivity contribution in [3.8, 4) is 0 Å². The van der Waals surface area contributed by atoms with Crippen molar-refractivity contribution in [3.05, 3.63) is 29.8 Å². The number of hydrogen-bond acceptors (Lipinski definition) is 4. The fraction of sp³-hybridized carbons (Fsp3) is 0.471. The summed E-state index contributed by atoms with van der Waals surface area (Å²) in [4.78, 5) is 37.1. The maximum Gasteiger partial charge on any atom is 0.321 e. The summed E-state index contributed by atoms with van der Waals surface area (Å²) in [6.07, 6.45) is 0.798. The van der Waals surface area contributed by atoms with Gasteiger partial charge in [0.2, 0.25) is 11.8 Å². The second-order valence-electron chi connectivity index (χ2n) is 5.48. The van der Waals surface area contributed by atoms with Gasteiger partial charge >= 0.3 is 6.03 Å². The number of aryl methyl sites for hydroxylation is 1. The van der Waals surface area contributed by atoms with E-state index in [1.807, 2.05) is 38.1 Å². The van der Waals surface area contributed by atoms with Gasteiger partial charge in [0, 0.05) is 12.2 Å². The largest absolute Gasteiger partial charge is 0.338 e. The maximum absolute atomic E-state index is 12.2. The number of imide groups is 1. The zero-order chi connectivity index (χ0) is 17.9. The van der Waals surface area contributed by atoms with Gasteiger partial charge in [0.15, 0.2) is 0 Å². The van der Waals surface area contributed by atoms with Crippen molar-refractivity contribution in [1.82, 2.24) is 15.5 Å². The Hall–Kier alpha value is -2.41. The van der Waals surface area contributed by atoms with Crippen LogP contribution >= 0.6 is 0 Å². The summed E-state index contributed by atoms with van der Waals surface area (Å²) in [5, 5.41) is 7.57. The number of carbonyl (C=O) groups is 3. The Morgan fingerprint density at radius 2 is 1.71 bits per heavy atom. The number of para-hydroxylation sites is 1. The van der Waals surface area contributed by atoms with E-state index in [2.05, 4.69) is 16.0 Å². The van der Waals surface area contributed by atoms with Crippen molar-refractivity contribution < 1.29 is 14.4 Å². The molecule has 132 valence electrons. The van der Waals surface area contributed by atoms with Crippen LogP contribution in [0.25, 0.3) is 0 Å². The minimum atomic E-state index is -0.525. The molecule has 1 rings (SSSR count). The molecule has 0 spiro atoms. The number of amides is 4. The molecule has 1 aromatic carbocycles. The van der Waals surface area contributed by atoms with E-state index in [1.165, 1.54) is 0 Å². The number of hydrogen-bond donors (Lipinski definition) is 3. The third kappa shape index (κ3) is 7.23. The van der Waals surface area contributed by atoms with Crippen LogP contribution in [0.2, 0.25) is 0 Å². The third-order valence-electron chi connectivity index (χ3n) is 3.28. The SMILES string of the molecule is CCCN(CC(=O)NC(=O)NCC)CC(=O)Nc1ccccc1C. The average molecular weight is 334 g/mol. The monoisotopic (exact) mass is 334 g/mol. The first-order valence-corrected chi connectivity index (χ1v) is 8.11. The molecule has 0 radical (unpaired) electrons. The predicted molar refractivity (Wildman–Crippen MR) is 93.8 cm³/mol. The summed E-state index contributed by atoms with van der Waals surface area (Å²) in [6, 6.07) is 6.98. The summed E-state index contributed by atoms with van der Waals surface area (Å²) in [5.74, 6) is -0.623. The lowest BCUT2D eigenvalue weighted by Gasteiger charge is -2.20. The second-order valence-corrected chi connectivity index (χ2v) is 5.48. The van der Waals surface area contributed by atoms with Crippen molar-refractivity contribution in [2.24, 2.45) is 0 Å². The van der Waals surface area contributed by atoms with E-state index in [0.717, 1.165) is 17.7 Å². The van der Waals surface area contributed by atoms with Gasteiger partial charge in [-0.15, -0.1) is 0 Å². The number of urea groups is 1. The van der Waals surface area contributed by atoms with Gasteiger partial charge in [0.05, 0.1) is 13.1 Å². The van der Waals surface area contributed by atoms with Crippen LogP contribution in [0.5, 0.6) is 0 Å². The Bertz CT molecular complexity index is 575.